The van der Waals surface area contributed by atoms with Crippen LogP contribution in [0, 0.1) is 0 Å². The van der Waals surface area contributed by atoms with Crippen LogP contribution in [0.1, 0.15) is 31.7 Å². The van der Waals surface area contributed by atoms with E-state index in [1.54, 1.807) is 11.3 Å². The molecule has 1 aromatic heterocycles. The second kappa shape index (κ2) is 4.82. The molecule has 0 aliphatic carbocycles. The third-order valence-corrected chi connectivity index (χ3v) is 4.68. The number of thiazole rings is 1. The van der Waals surface area contributed by atoms with Crippen molar-refractivity contribution in [1.82, 2.24) is 15.2 Å². The summed E-state index contributed by atoms with van der Waals surface area (Å²) in [6.07, 6.45) is 4.23. The molecule has 0 radical (unpaired) electrons. The lowest BCUT2D eigenvalue weighted by Crippen LogP contribution is -2.51. The first-order valence-corrected chi connectivity index (χ1v) is 6.89. The highest BCUT2D eigenvalue weighted by atomic mass is 32.1. The molecule has 0 unspecified atom stereocenters. The van der Waals surface area contributed by atoms with Gasteiger partial charge in [0.1, 0.15) is 5.01 Å². The second-order valence-corrected chi connectivity index (χ2v) is 5.69. The van der Waals surface area contributed by atoms with Crippen molar-refractivity contribution in [2.24, 2.45) is 0 Å². The molecule has 3 nitrogen and oxygen atoms in total. The summed E-state index contributed by atoms with van der Waals surface area (Å²) < 4.78 is 0. The minimum Gasteiger partial charge on any atom is -0.308 e. The molecule has 1 aromatic rings. The highest BCUT2D eigenvalue weighted by Crippen LogP contribution is 2.34. The first kappa shape index (κ1) is 12.0. The largest absolute Gasteiger partial charge is 0.308 e. The average Bonchev–Trinajstić information content (AvgIpc) is 2.83. The molecule has 0 bridgehead atoms. The highest BCUT2D eigenvalue weighted by Gasteiger charge is 2.37. The van der Waals surface area contributed by atoms with Crippen molar-refractivity contribution >= 4 is 11.3 Å². The molecule has 1 saturated heterocycles. The second-order valence-electron chi connectivity index (χ2n) is 4.80. The summed E-state index contributed by atoms with van der Waals surface area (Å²) >= 11 is 1.77. The van der Waals surface area contributed by atoms with Crippen LogP contribution in [0.15, 0.2) is 11.6 Å². The van der Waals surface area contributed by atoms with Crippen molar-refractivity contribution in [3.05, 3.63) is 16.6 Å². The van der Waals surface area contributed by atoms with Gasteiger partial charge in [-0.1, -0.05) is 0 Å². The van der Waals surface area contributed by atoms with Gasteiger partial charge >= 0.3 is 0 Å². The third-order valence-electron chi connectivity index (χ3n) is 3.70. The first-order valence-electron chi connectivity index (χ1n) is 6.01. The fourth-order valence-electron chi connectivity index (χ4n) is 2.45. The van der Waals surface area contributed by atoms with Gasteiger partial charge in [-0.25, -0.2) is 4.98 Å². The van der Waals surface area contributed by atoms with Crippen LogP contribution in [-0.4, -0.2) is 36.1 Å². The molecule has 2 heterocycles. The standard InChI is InChI=1S/C12H21N3S/c1-10(2)15-7-4-12(13-3,5-8-15)11-14-6-9-16-11/h6,9-10,13H,4-5,7-8H2,1-3H3. The Labute approximate surface area is 102 Å². The van der Waals surface area contributed by atoms with Gasteiger partial charge in [-0.15, -0.1) is 11.3 Å². The van der Waals surface area contributed by atoms with Crippen molar-refractivity contribution < 1.29 is 0 Å². The predicted molar refractivity (Wildman–Crippen MR) is 68.8 cm³/mol. The number of hydrogen-bond acceptors (Lipinski definition) is 4. The fraction of sp³-hybridized carbons (Fsp3) is 0.750. The van der Waals surface area contributed by atoms with Crippen LogP contribution in [-0.2, 0) is 5.54 Å². The Kier molecular flexibility index (Phi) is 3.62. The lowest BCUT2D eigenvalue weighted by molar-refractivity contribution is 0.114. The van der Waals surface area contributed by atoms with Crippen molar-refractivity contribution in [1.29, 1.82) is 0 Å². The van der Waals surface area contributed by atoms with Crippen LogP contribution in [0.4, 0.5) is 0 Å². The van der Waals surface area contributed by atoms with Gasteiger partial charge in [0.2, 0.25) is 0 Å². The average molecular weight is 239 g/mol. The van der Waals surface area contributed by atoms with Gasteiger partial charge in [-0.2, -0.15) is 0 Å². The van der Waals surface area contributed by atoms with E-state index < -0.39 is 0 Å². The van der Waals surface area contributed by atoms with E-state index in [0.717, 1.165) is 25.9 Å². The van der Waals surface area contributed by atoms with E-state index in [9.17, 15) is 0 Å². The Morgan fingerprint density at radius 3 is 2.56 bits per heavy atom. The van der Waals surface area contributed by atoms with E-state index in [-0.39, 0.29) is 5.54 Å². The molecule has 0 atom stereocenters. The van der Waals surface area contributed by atoms with Crippen LogP contribution in [0.3, 0.4) is 0 Å². The van der Waals surface area contributed by atoms with Gasteiger partial charge in [-0.3, -0.25) is 0 Å². The molecule has 0 spiro atoms. The van der Waals surface area contributed by atoms with Gasteiger partial charge in [-0.05, 0) is 33.7 Å². The normalized spacial score (nSPS) is 21.5. The highest BCUT2D eigenvalue weighted by molar-refractivity contribution is 7.09. The molecular weight excluding hydrogens is 218 g/mol. The van der Waals surface area contributed by atoms with Crippen LogP contribution >= 0.6 is 11.3 Å². The van der Waals surface area contributed by atoms with E-state index >= 15 is 0 Å². The SMILES string of the molecule is CNC1(c2nccs2)CCN(C(C)C)CC1. The van der Waals surface area contributed by atoms with Crippen LogP contribution in [0.2, 0.25) is 0 Å². The van der Waals surface area contributed by atoms with Gasteiger partial charge in [0, 0.05) is 30.7 Å². The minimum absolute atomic E-state index is 0.125. The lowest BCUT2D eigenvalue weighted by atomic mass is 9.87. The summed E-state index contributed by atoms with van der Waals surface area (Å²) in [6, 6.07) is 0.658. The van der Waals surface area contributed by atoms with Crippen molar-refractivity contribution in [3.63, 3.8) is 0 Å². The number of aromatic nitrogens is 1. The molecule has 0 amide bonds. The van der Waals surface area contributed by atoms with Gasteiger partial charge < -0.3 is 10.2 Å². The number of hydrogen-bond donors (Lipinski definition) is 1. The summed E-state index contributed by atoms with van der Waals surface area (Å²) in [7, 11) is 2.06. The Bertz CT molecular complexity index is 313. The topological polar surface area (TPSA) is 28.2 Å². The summed E-state index contributed by atoms with van der Waals surface area (Å²) in [6.45, 7) is 6.88. The summed E-state index contributed by atoms with van der Waals surface area (Å²) in [5.74, 6) is 0. The maximum absolute atomic E-state index is 4.49. The number of piperidine rings is 1. The molecule has 16 heavy (non-hydrogen) atoms. The lowest BCUT2D eigenvalue weighted by Gasteiger charge is -2.42. The van der Waals surface area contributed by atoms with E-state index in [4.69, 9.17) is 0 Å². The van der Waals surface area contributed by atoms with Gasteiger partial charge in [0.15, 0.2) is 0 Å². The summed E-state index contributed by atoms with van der Waals surface area (Å²) in [5, 5.41) is 6.82. The smallest absolute Gasteiger partial charge is 0.113 e. The van der Waals surface area contributed by atoms with E-state index in [1.165, 1.54) is 5.01 Å². The maximum Gasteiger partial charge on any atom is 0.113 e. The van der Waals surface area contributed by atoms with E-state index in [2.05, 4.69) is 41.5 Å². The molecule has 1 aliphatic rings. The van der Waals surface area contributed by atoms with E-state index in [1.807, 2.05) is 6.20 Å². The van der Waals surface area contributed by atoms with Crippen molar-refractivity contribution in [3.8, 4) is 0 Å². The molecule has 4 heteroatoms. The van der Waals surface area contributed by atoms with Crippen LogP contribution in [0.5, 0.6) is 0 Å². The predicted octanol–water partition coefficient (Wildman–Crippen LogP) is 2.06. The Morgan fingerprint density at radius 2 is 2.12 bits per heavy atom. The fourth-order valence-corrected chi connectivity index (χ4v) is 3.36. The maximum atomic E-state index is 4.49. The Balaban J connectivity index is 2.09. The van der Waals surface area contributed by atoms with Gasteiger partial charge in [0.05, 0.1) is 5.54 Å². The summed E-state index contributed by atoms with van der Waals surface area (Å²) in [4.78, 5) is 7.04. The quantitative estimate of drug-likeness (QED) is 0.875. The molecule has 0 aromatic carbocycles. The van der Waals surface area contributed by atoms with Crippen molar-refractivity contribution in [2.45, 2.75) is 38.3 Å². The molecule has 90 valence electrons. The van der Waals surface area contributed by atoms with Crippen LogP contribution < -0.4 is 5.32 Å². The number of nitrogens with one attached hydrogen (secondary N) is 1. The molecule has 1 aliphatic heterocycles. The monoisotopic (exact) mass is 239 g/mol. The molecule has 1 fully saturated rings. The number of likely N-dealkylation sites (tertiary alicyclic amines) is 1. The summed E-state index contributed by atoms with van der Waals surface area (Å²) in [5.41, 5.74) is 0.125. The zero-order valence-electron chi connectivity index (χ0n) is 10.4. The zero-order valence-corrected chi connectivity index (χ0v) is 11.2. The molecular formula is C12H21N3S. The molecule has 1 N–H and O–H groups in total. The Morgan fingerprint density at radius 1 is 1.44 bits per heavy atom. The zero-order chi connectivity index (χ0) is 11.6. The third kappa shape index (κ3) is 2.14. The van der Waals surface area contributed by atoms with E-state index in [0.29, 0.717) is 6.04 Å². The number of rotatable bonds is 3. The number of nitrogens with zero attached hydrogens (tertiary/aromatic N) is 2. The van der Waals surface area contributed by atoms with Crippen LogP contribution in [0.25, 0.3) is 0 Å². The molecule has 0 saturated carbocycles. The first-order chi connectivity index (χ1) is 7.68. The van der Waals surface area contributed by atoms with Crippen molar-refractivity contribution in [2.75, 3.05) is 20.1 Å². The van der Waals surface area contributed by atoms with Gasteiger partial charge in [0.25, 0.3) is 0 Å². The Hall–Kier alpha value is -0.450. The molecule has 2 rings (SSSR count). The minimum atomic E-state index is 0.125.